The van der Waals surface area contributed by atoms with Gasteiger partial charge in [-0.2, -0.15) is 0 Å². The Morgan fingerprint density at radius 3 is 2.43 bits per heavy atom. The molecule has 0 saturated heterocycles. The van der Waals surface area contributed by atoms with Crippen LogP contribution in [0, 0.1) is 0 Å². The van der Waals surface area contributed by atoms with Crippen LogP contribution >= 0.6 is 0 Å². The molecule has 0 aliphatic heterocycles. The third-order valence-electron chi connectivity index (χ3n) is 5.04. The number of hydrogen-bond donors (Lipinski definition) is 2. The van der Waals surface area contributed by atoms with Gasteiger partial charge in [0.1, 0.15) is 5.82 Å². The molecule has 0 unspecified atom stereocenters. The van der Waals surface area contributed by atoms with Crippen LogP contribution in [-0.2, 0) is 29.3 Å². The highest BCUT2D eigenvalue weighted by atomic mass is 32.2. The Labute approximate surface area is 177 Å². The normalized spacial score (nSPS) is 11.6. The fourth-order valence-electron chi connectivity index (χ4n) is 3.52. The van der Waals surface area contributed by atoms with Crippen molar-refractivity contribution in [3.63, 3.8) is 0 Å². The number of nitrogens with zero attached hydrogens (tertiary/aromatic N) is 1. The zero-order valence-electron chi connectivity index (χ0n) is 16.9. The van der Waals surface area contributed by atoms with Crippen LogP contribution in [-0.4, -0.2) is 18.4 Å². The van der Waals surface area contributed by atoms with Crippen molar-refractivity contribution in [2.45, 2.75) is 37.5 Å². The van der Waals surface area contributed by atoms with Gasteiger partial charge in [-0.25, -0.2) is 13.4 Å². The quantitative estimate of drug-likeness (QED) is 0.417. The molecule has 30 heavy (non-hydrogen) atoms. The van der Waals surface area contributed by atoms with Crippen LogP contribution in [0.25, 0.3) is 11.0 Å². The predicted molar refractivity (Wildman–Crippen MR) is 121 cm³/mol. The number of benzene rings is 3. The van der Waals surface area contributed by atoms with Crippen molar-refractivity contribution in [1.29, 1.82) is 0 Å². The van der Waals surface area contributed by atoms with Gasteiger partial charge in [-0.3, -0.25) is 4.72 Å². The Hall–Kier alpha value is -3.12. The maximum Gasteiger partial charge on any atom is 0.261 e. The van der Waals surface area contributed by atoms with Crippen molar-refractivity contribution >= 4 is 26.7 Å². The minimum atomic E-state index is -3.61. The van der Waals surface area contributed by atoms with E-state index >= 15 is 0 Å². The van der Waals surface area contributed by atoms with Crippen LogP contribution in [0.3, 0.4) is 0 Å². The summed E-state index contributed by atoms with van der Waals surface area (Å²) in [5, 5.41) is 0. The van der Waals surface area contributed by atoms with E-state index in [1.54, 1.807) is 18.2 Å². The van der Waals surface area contributed by atoms with Gasteiger partial charge >= 0.3 is 0 Å². The number of anilines is 1. The lowest BCUT2D eigenvalue weighted by Crippen LogP contribution is -2.13. The third kappa shape index (κ3) is 4.71. The molecule has 5 nitrogen and oxygen atoms in total. The first-order chi connectivity index (χ1) is 14.5. The fraction of sp³-hybridized carbons (Fsp3) is 0.208. The second-order valence-corrected chi connectivity index (χ2v) is 9.08. The molecule has 0 atom stereocenters. The monoisotopic (exact) mass is 419 g/mol. The number of imidazole rings is 1. The molecule has 0 amide bonds. The van der Waals surface area contributed by atoms with Crippen LogP contribution in [0.5, 0.6) is 0 Å². The minimum absolute atomic E-state index is 0.273. The standard InChI is InChI=1S/C24H25N3O2S/c1-2-6-18-11-14-21(15-12-18)30(28,29)27-20-8-5-7-19(17-20)13-16-24-25-22-9-3-4-10-23(22)26-24/h3-5,7-12,14-15,17,27H,2,6,13,16H2,1H3,(H,25,26). The molecular formula is C24H25N3O2S. The van der Waals surface area contributed by atoms with Gasteiger partial charge in [0, 0.05) is 12.1 Å². The highest BCUT2D eigenvalue weighted by Crippen LogP contribution is 2.19. The molecule has 6 heteroatoms. The number of nitrogens with one attached hydrogen (secondary N) is 2. The topological polar surface area (TPSA) is 74.8 Å². The average Bonchev–Trinajstić information content (AvgIpc) is 3.16. The van der Waals surface area contributed by atoms with Gasteiger partial charge in [-0.1, -0.05) is 49.7 Å². The molecule has 0 fully saturated rings. The Kier molecular flexibility index (Phi) is 5.86. The van der Waals surface area contributed by atoms with Crippen molar-refractivity contribution in [2.75, 3.05) is 4.72 Å². The van der Waals surface area contributed by atoms with Crippen LogP contribution in [0.2, 0.25) is 0 Å². The summed E-state index contributed by atoms with van der Waals surface area (Å²) in [7, 11) is -3.61. The lowest BCUT2D eigenvalue weighted by atomic mass is 10.1. The predicted octanol–water partition coefficient (Wildman–Crippen LogP) is 5.10. The number of hydrogen-bond acceptors (Lipinski definition) is 3. The van der Waals surface area contributed by atoms with Gasteiger partial charge in [-0.05, 0) is 60.4 Å². The van der Waals surface area contributed by atoms with Crippen LogP contribution < -0.4 is 4.72 Å². The highest BCUT2D eigenvalue weighted by molar-refractivity contribution is 7.92. The lowest BCUT2D eigenvalue weighted by molar-refractivity contribution is 0.601. The summed E-state index contributed by atoms with van der Waals surface area (Å²) in [6.07, 6.45) is 3.50. The molecule has 0 bridgehead atoms. The second kappa shape index (κ2) is 8.71. The van der Waals surface area contributed by atoms with Gasteiger partial charge in [0.05, 0.1) is 15.9 Å². The van der Waals surface area contributed by atoms with Gasteiger partial charge in [-0.15, -0.1) is 0 Å². The van der Waals surface area contributed by atoms with Gasteiger partial charge < -0.3 is 4.98 Å². The van der Waals surface area contributed by atoms with E-state index < -0.39 is 10.0 Å². The molecule has 1 heterocycles. The van der Waals surface area contributed by atoms with E-state index in [-0.39, 0.29) is 4.90 Å². The lowest BCUT2D eigenvalue weighted by Gasteiger charge is -2.10. The van der Waals surface area contributed by atoms with Gasteiger partial charge in [0.15, 0.2) is 0 Å². The second-order valence-electron chi connectivity index (χ2n) is 7.40. The molecule has 0 aliphatic carbocycles. The molecule has 0 radical (unpaired) electrons. The number of aromatic amines is 1. The number of fused-ring (bicyclic) bond motifs is 1. The van der Waals surface area contributed by atoms with Crippen molar-refractivity contribution < 1.29 is 8.42 Å². The highest BCUT2D eigenvalue weighted by Gasteiger charge is 2.14. The van der Waals surface area contributed by atoms with Crippen LogP contribution in [0.1, 0.15) is 30.3 Å². The van der Waals surface area contributed by atoms with Crippen molar-refractivity contribution in [1.82, 2.24) is 9.97 Å². The molecular weight excluding hydrogens is 394 g/mol. The Morgan fingerprint density at radius 1 is 0.867 bits per heavy atom. The van der Waals surface area contributed by atoms with Gasteiger partial charge in [0.25, 0.3) is 10.0 Å². The molecule has 0 aliphatic rings. The molecule has 1 aromatic heterocycles. The van der Waals surface area contributed by atoms with Crippen molar-refractivity contribution in [2.24, 2.45) is 0 Å². The number of H-pyrrole nitrogens is 1. The zero-order valence-corrected chi connectivity index (χ0v) is 17.7. The van der Waals surface area contributed by atoms with E-state index in [0.717, 1.165) is 53.7 Å². The van der Waals surface area contributed by atoms with E-state index in [1.165, 1.54) is 0 Å². The zero-order chi connectivity index (χ0) is 21.0. The molecule has 4 rings (SSSR count). The number of para-hydroxylation sites is 2. The smallest absolute Gasteiger partial charge is 0.261 e. The van der Waals surface area contributed by atoms with E-state index in [0.29, 0.717) is 5.69 Å². The molecule has 154 valence electrons. The molecule has 4 aromatic rings. The summed E-state index contributed by atoms with van der Waals surface area (Å²) in [4.78, 5) is 8.21. The summed E-state index contributed by atoms with van der Waals surface area (Å²) in [6.45, 7) is 2.10. The summed E-state index contributed by atoms with van der Waals surface area (Å²) in [6, 6.07) is 22.6. The van der Waals surface area contributed by atoms with Crippen LogP contribution in [0.4, 0.5) is 5.69 Å². The summed E-state index contributed by atoms with van der Waals surface area (Å²) < 4.78 is 28.2. The molecule has 2 N–H and O–H groups in total. The van der Waals surface area contributed by atoms with Gasteiger partial charge in [0.2, 0.25) is 0 Å². The maximum absolute atomic E-state index is 12.7. The largest absolute Gasteiger partial charge is 0.342 e. The first kappa shape index (κ1) is 20.2. The van der Waals surface area contributed by atoms with E-state index in [9.17, 15) is 8.42 Å². The minimum Gasteiger partial charge on any atom is -0.342 e. The first-order valence-electron chi connectivity index (χ1n) is 10.2. The summed E-state index contributed by atoms with van der Waals surface area (Å²) in [5.74, 6) is 0.925. The Morgan fingerprint density at radius 2 is 1.67 bits per heavy atom. The summed E-state index contributed by atoms with van der Waals surface area (Å²) in [5.41, 5.74) is 4.74. The summed E-state index contributed by atoms with van der Waals surface area (Å²) >= 11 is 0. The van der Waals surface area contributed by atoms with E-state index in [4.69, 9.17) is 0 Å². The molecule has 0 spiro atoms. The van der Waals surface area contributed by atoms with Crippen molar-refractivity contribution in [3.8, 4) is 0 Å². The van der Waals surface area contributed by atoms with Crippen molar-refractivity contribution in [3.05, 3.63) is 89.7 Å². The SMILES string of the molecule is CCCc1ccc(S(=O)(=O)Nc2cccc(CCc3nc4ccccc4[nH]3)c2)cc1. The fourth-order valence-corrected chi connectivity index (χ4v) is 4.56. The first-order valence-corrected chi connectivity index (χ1v) is 11.7. The number of aryl methyl sites for hydroxylation is 3. The van der Waals surface area contributed by atoms with E-state index in [1.807, 2.05) is 54.6 Å². The Balaban J connectivity index is 1.44. The van der Waals surface area contributed by atoms with Crippen LogP contribution in [0.15, 0.2) is 77.7 Å². The van der Waals surface area contributed by atoms with E-state index in [2.05, 4.69) is 21.6 Å². The molecule has 0 saturated carbocycles. The third-order valence-corrected chi connectivity index (χ3v) is 6.44. The Bertz CT molecular complexity index is 1210. The average molecular weight is 420 g/mol. The molecule has 3 aromatic carbocycles. The maximum atomic E-state index is 12.7. The number of aromatic nitrogens is 2. The number of sulfonamides is 1. The number of rotatable bonds is 8.